The van der Waals surface area contributed by atoms with E-state index in [1.54, 1.807) is 0 Å². The van der Waals surface area contributed by atoms with Crippen LogP contribution in [0.4, 0.5) is 5.69 Å². The van der Waals surface area contributed by atoms with Crippen molar-refractivity contribution in [1.82, 2.24) is 4.90 Å². The molecule has 4 nitrogen and oxygen atoms in total. The van der Waals surface area contributed by atoms with E-state index in [9.17, 15) is 5.11 Å². The molecule has 0 amide bonds. The lowest BCUT2D eigenvalue weighted by molar-refractivity contribution is -0.150. The lowest BCUT2D eigenvalue weighted by Crippen LogP contribution is -2.54. The van der Waals surface area contributed by atoms with Crippen LogP contribution in [0.5, 0.6) is 0 Å². The summed E-state index contributed by atoms with van der Waals surface area (Å²) >= 11 is 0. The lowest BCUT2D eigenvalue weighted by Gasteiger charge is -2.45. The van der Waals surface area contributed by atoms with Gasteiger partial charge >= 0.3 is 0 Å². The number of nitrogens with zero attached hydrogens (tertiary/aromatic N) is 2. The zero-order chi connectivity index (χ0) is 15.7. The summed E-state index contributed by atoms with van der Waals surface area (Å²) in [6.45, 7) is 7.45. The summed E-state index contributed by atoms with van der Waals surface area (Å²) < 4.78 is 5.32. The topological polar surface area (TPSA) is 35.9 Å². The number of fused-ring (bicyclic) bond motifs is 1. The van der Waals surface area contributed by atoms with E-state index >= 15 is 0 Å². The highest BCUT2D eigenvalue weighted by molar-refractivity contribution is 5.57. The van der Waals surface area contributed by atoms with Gasteiger partial charge in [0.1, 0.15) is 0 Å². The number of piperidine rings is 1. The maximum Gasteiger partial charge on any atom is 0.0579 e. The number of likely N-dealkylation sites (tertiary alicyclic amines) is 1. The van der Waals surface area contributed by atoms with E-state index in [1.165, 1.54) is 56.7 Å². The zero-order valence-corrected chi connectivity index (χ0v) is 13.9. The quantitative estimate of drug-likeness (QED) is 0.898. The number of aliphatic hydroxyl groups is 1. The average Bonchev–Trinajstić information content (AvgIpc) is 2.96. The molecule has 0 saturated carbocycles. The number of para-hydroxylation sites is 1. The number of hydrogen-bond donors (Lipinski definition) is 1. The highest BCUT2D eigenvalue weighted by Crippen LogP contribution is 2.32. The van der Waals surface area contributed by atoms with Gasteiger partial charge in [0, 0.05) is 25.3 Å². The molecule has 0 atom stereocenters. The van der Waals surface area contributed by atoms with Crippen molar-refractivity contribution < 1.29 is 9.84 Å². The minimum Gasteiger partial charge on any atom is -0.396 e. The second-order valence-corrected chi connectivity index (χ2v) is 7.70. The molecule has 1 aromatic rings. The van der Waals surface area contributed by atoms with Gasteiger partial charge in [0.2, 0.25) is 0 Å². The third kappa shape index (κ3) is 3.12. The largest absolute Gasteiger partial charge is 0.396 e. The molecule has 0 unspecified atom stereocenters. The van der Waals surface area contributed by atoms with Crippen LogP contribution in [-0.4, -0.2) is 62.6 Å². The van der Waals surface area contributed by atoms with Gasteiger partial charge in [0.25, 0.3) is 0 Å². The van der Waals surface area contributed by atoms with Gasteiger partial charge in [0.15, 0.2) is 0 Å². The number of rotatable bonds is 5. The molecule has 3 aliphatic rings. The van der Waals surface area contributed by atoms with Gasteiger partial charge in [-0.3, -0.25) is 0 Å². The van der Waals surface area contributed by atoms with E-state index in [0.717, 1.165) is 25.7 Å². The Labute approximate surface area is 139 Å². The van der Waals surface area contributed by atoms with Crippen LogP contribution in [0.3, 0.4) is 0 Å². The Kier molecular flexibility index (Phi) is 4.31. The third-order valence-corrected chi connectivity index (χ3v) is 5.88. The van der Waals surface area contributed by atoms with Crippen LogP contribution < -0.4 is 4.90 Å². The Morgan fingerprint density at radius 1 is 1.13 bits per heavy atom. The van der Waals surface area contributed by atoms with E-state index in [4.69, 9.17) is 4.74 Å². The fourth-order valence-electron chi connectivity index (χ4n) is 4.33. The molecule has 0 bridgehead atoms. The van der Waals surface area contributed by atoms with Gasteiger partial charge in [-0.15, -0.1) is 0 Å². The molecular weight excluding hydrogens is 288 g/mol. The average molecular weight is 316 g/mol. The molecule has 1 aromatic carbocycles. The fraction of sp³-hybridized carbons (Fsp3) is 0.684. The van der Waals surface area contributed by atoms with E-state index < -0.39 is 0 Å². The number of aliphatic hydroxyl groups excluding tert-OH is 1. The fourth-order valence-corrected chi connectivity index (χ4v) is 4.33. The van der Waals surface area contributed by atoms with Crippen LogP contribution in [0, 0.1) is 11.3 Å². The second-order valence-electron chi connectivity index (χ2n) is 7.70. The van der Waals surface area contributed by atoms with E-state index in [1.807, 2.05) is 0 Å². The summed E-state index contributed by atoms with van der Waals surface area (Å²) in [5.74, 6) is 0.806. The van der Waals surface area contributed by atoms with Gasteiger partial charge in [0.05, 0.1) is 25.2 Å². The number of hydrogen-bond acceptors (Lipinski definition) is 4. The van der Waals surface area contributed by atoms with Gasteiger partial charge in [-0.05, 0) is 49.9 Å². The normalized spacial score (nSPS) is 24.5. The van der Waals surface area contributed by atoms with Crippen molar-refractivity contribution >= 4 is 5.69 Å². The first-order valence-electron chi connectivity index (χ1n) is 9.02. The SMILES string of the molecule is OCC1(CN2CCC(CN3CCc4ccccc43)CC2)COC1. The Morgan fingerprint density at radius 2 is 1.91 bits per heavy atom. The minimum atomic E-state index is 0.0285. The van der Waals surface area contributed by atoms with Crippen LogP contribution in [0.2, 0.25) is 0 Å². The summed E-state index contributed by atoms with van der Waals surface area (Å²) in [6.07, 6.45) is 3.76. The molecule has 2 fully saturated rings. The van der Waals surface area contributed by atoms with Gasteiger partial charge in [-0.1, -0.05) is 18.2 Å². The molecule has 0 aliphatic carbocycles. The summed E-state index contributed by atoms with van der Waals surface area (Å²) in [5, 5.41) is 9.59. The van der Waals surface area contributed by atoms with Gasteiger partial charge in [-0.2, -0.15) is 0 Å². The molecule has 1 N–H and O–H groups in total. The van der Waals surface area contributed by atoms with Crippen molar-refractivity contribution in [3.63, 3.8) is 0 Å². The predicted octanol–water partition coefficient (Wildman–Crippen LogP) is 1.77. The Hall–Kier alpha value is -1.10. The highest BCUT2D eigenvalue weighted by Gasteiger charge is 2.40. The Bertz CT molecular complexity index is 530. The summed E-state index contributed by atoms with van der Waals surface area (Å²) in [5.41, 5.74) is 3.00. The molecule has 3 heterocycles. The van der Waals surface area contributed by atoms with Gasteiger partial charge in [-0.25, -0.2) is 0 Å². The summed E-state index contributed by atoms with van der Waals surface area (Å²) in [6, 6.07) is 8.86. The van der Waals surface area contributed by atoms with Crippen molar-refractivity contribution in [3.8, 4) is 0 Å². The molecule has 0 aromatic heterocycles. The molecule has 126 valence electrons. The standard InChI is InChI=1S/C19H28N2O2/c22-13-19(14-23-15-19)12-20-8-5-16(6-9-20)11-21-10-7-17-3-1-2-4-18(17)21/h1-4,16,22H,5-15H2. The molecule has 4 rings (SSSR count). The lowest BCUT2D eigenvalue weighted by atomic mass is 9.85. The zero-order valence-electron chi connectivity index (χ0n) is 13.9. The summed E-state index contributed by atoms with van der Waals surface area (Å²) in [7, 11) is 0. The number of ether oxygens (including phenoxy) is 1. The molecule has 2 saturated heterocycles. The van der Waals surface area contributed by atoms with Crippen molar-refractivity contribution in [3.05, 3.63) is 29.8 Å². The second kappa shape index (κ2) is 6.42. The first-order valence-corrected chi connectivity index (χ1v) is 9.02. The first-order chi connectivity index (χ1) is 11.3. The van der Waals surface area contributed by atoms with E-state index in [0.29, 0.717) is 0 Å². The Morgan fingerprint density at radius 3 is 2.61 bits per heavy atom. The monoisotopic (exact) mass is 316 g/mol. The van der Waals surface area contributed by atoms with Crippen molar-refractivity contribution in [1.29, 1.82) is 0 Å². The van der Waals surface area contributed by atoms with Crippen LogP contribution >= 0.6 is 0 Å². The van der Waals surface area contributed by atoms with Gasteiger partial charge < -0.3 is 19.6 Å². The maximum atomic E-state index is 9.59. The molecule has 23 heavy (non-hydrogen) atoms. The molecule has 4 heteroatoms. The van der Waals surface area contributed by atoms with Crippen LogP contribution in [0.15, 0.2) is 24.3 Å². The predicted molar refractivity (Wildman–Crippen MR) is 91.9 cm³/mol. The van der Waals surface area contributed by atoms with E-state index in [-0.39, 0.29) is 12.0 Å². The molecule has 3 aliphatic heterocycles. The smallest absolute Gasteiger partial charge is 0.0579 e. The number of benzene rings is 1. The van der Waals surface area contributed by atoms with Crippen LogP contribution in [0.1, 0.15) is 18.4 Å². The van der Waals surface area contributed by atoms with E-state index in [2.05, 4.69) is 34.1 Å². The van der Waals surface area contributed by atoms with Crippen LogP contribution in [0.25, 0.3) is 0 Å². The minimum absolute atomic E-state index is 0.0285. The van der Waals surface area contributed by atoms with Crippen molar-refractivity contribution in [2.24, 2.45) is 11.3 Å². The number of anilines is 1. The Balaban J connectivity index is 1.27. The first kappa shape index (κ1) is 15.4. The molecular formula is C19H28N2O2. The molecule has 0 radical (unpaired) electrons. The highest BCUT2D eigenvalue weighted by atomic mass is 16.5. The van der Waals surface area contributed by atoms with Crippen LogP contribution in [-0.2, 0) is 11.2 Å². The van der Waals surface area contributed by atoms with Crippen molar-refractivity contribution in [2.45, 2.75) is 19.3 Å². The maximum absolute atomic E-state index is 9.59. The third-order valence-electron chi connectivity index (χ3n) is 5.88. The van der Waals surface area contributed by atoms with Crippen molar-refractivity contribution in [2.75, 3.05) is 57.4 Å². The summed E-state index contributed by atoms with van der Waals surface area (Å²) in [4.78, 5) is 5.12. The molecule has 0 spiro atoms.